The van der Waals surface area contributed by atoms with E-state index in [0.29, 0.717) is 25.2 Å². The van der Waals surface area contributed by atoms with Crippen molar-refractivity contribution in [3.8, 4) is 0 Å². The molecule has 0 bridgehead atoms. The van der Waals surface area contributed by atoms with Crippen LogP contribution in [-0.4, -0.2) is 51.2 Å². The highest BCUT2D eigenvalue weighted by atomic mass is 16.2. The second-order valence-electron chi connectivity index (χ2n) is 7.48. The molecule has 2 aliphatic rings. The fourth-order valence-corrected chi connectivity index (χ4v) is 4.28. The highest BCUT2D eigenvalue weighted by Crippen LogP contribution is 2.39. The lowest BCUT2D eigenvalue weighted by atomic mass is 9.73. The summed E-state index contributed by atoms with van der Waals surface area (Å²) in [5, 5.41) is 0. The molecule has 0 aliphatic carbocycles. The number of hydrogen-bond acceptors (Lipinski definition) is 3. The first-order valence-corrected chi connectivity index (χ1v) is 9.26. The summed E-state index contributed by atoms with van der Waals surface area (Å²) in [6.07, 6.45) is 7.00. The van der Waals surface area contributed by atoms with E-state index in [9.17, 15) is 9.59 Å². The number of aromatic amines is 1. The van der Waals surface area contributed by atoms with Gasteiger partial charge in [0.15, 0.2) is 0 Å². The quantitative estimate of drug-likeness (QED) is 0.922. The third-order valence-electron chi connectivity index (χ3n) is 5.60. The van der Waals surface area contributed by atoms with Crippen LogP contribution in [0.4, 0.5) is 0 Å². The highest BCUT2D eigenvalue weighted by Gasteiger charge is 2.42. The van der Waals surface area contributed by atoms with Gasteiger partial charge in [-0.05, 0) is 43.5 Å². The zero-order chi connectivity index (χ0) is 18.0. The van der Waals surface area contributed by atoms with Gasteiger partial charge in [0.1, 0.15) is 5.69 Å². The van der Waals surface area contributed by atoms with Gasteiger partial charge in [0, 0.05) is 43.9 Å². The van der Waals surface area contributed by atoms with Crippen molar-refractivity contribution in [2.45, 2.75) is 32.2 Å². The van der Waals surface area contributed by atoms with Crippen molar-refractivity contribution in [1.82, 2.24) is 19.8 Å². The largest absolute Gasteiger partial charge is 0.357 e. The molecule has 6 nitrogen and oxygen atoms in total. The number of carbonyl (C=O) groups is 2. The van der Waals surface area contributed by atoms with Crippen molar-refractivity contribution >= 4 is 11.8 Å². The Labute approximate surface area is 153 Å². The molecule has 0 aromatic carbocycles. The average molecular weight is 352 g/mol. The number of H-pyrrole nitrogens is 1. The first kappa shape index (κ1) is 16.8. The maximum atomic E-state index is 12.7. The predicted octanol–water partition coefficient (Wildman–Crippen LogP) is 2.45. The van der Waals surface area contributed by atoms with Crippen LogP contribution in [-0.2, 0) is 11.3 Å². The van der Waals surface area contributed by atoms with Crippen LogP contribution in [0.1, 0.15) is 41.9 Å². The summed E-state index contributed by atoms with van der Waals surface area (Å²) in [4.78, 5) is 36.4. The Hall–Kier alpha value is -2.63. The van der Waals surface area contributed by atoms with Gasteiger partial charge in [0.2, 0.25) is 5.91 Å². The molecule has 2 saturated heterocycles. The second-order valence-corrected chi connectivity index (χ2v) is 7.48. The lowest BCUT2D eigenvalue weighted by molar-refractivity contribution is -0.139. The van der Waals surface area contributed by atoms with Crippen LogP contribution in [0.2, 0.25) is 0 Å². The number of piperidine rings is 2. The number of aromatic nitrogens is 2. The maximum absolute atomic E-state index is 12.7. The summed E-state index contributed by atoms with van der Waals surface area (Å²) >= 11 is 0. The van der Waals surface area contributed by atoms with E-state index in [4.69, 9.17) is 0 Å². The molecule has 2 aliphatic heterocycles. The fraction of sp³-hybridized carbons (Fsp3) is 0.450. The molecule has 1 atom stereocenters. The molecule has 0 saturated carbocycles. The van der Waals surface area contributed by atoms with Crippen LogP contribution >= 0.6 is 0 Å². The zero-order valence-corrected chi connectivity index (χ0v) is 14.9. The van der Waals surface area contributed by atoms with Crippen LogP contribution < -0.4 is 0 Å². The Bertz CT molecular complexity index is 774. The van der Waals surface area contributed by atoms with E-state index in [-0.39, 0.29) is 17.2 Å². The maximum Gasteiger partial charge on any atom is 0.270 e. The first-order chi connectivity index (χ1) is 12.7. The van der Waals surface area contributed by atoms with E-state index >= 15 is 0 Å². The van der Waals surface area contributed by atoms with Gasteiger partial charge >= 0.3 is 0 Å². The molecule has 136 valence electrons. The molecule has 26 heavy (non-hydrogen) atoms. The summed E-state index contributed by atoms with van der Waals surface area (Å²) in [5.74, 6) is 0.247. The summed E-state index contributed by atoms with van der Waals surface area (Å²) in [5.41, 5.74) is 1.55. The van der Waals surface area contributed by atoms with Gasteiger partial charge in [-0.3, -0.25) is 14.6 Å². The normalized spacial score (nSPS) is 23.5. The lowest BCUT2D eigenvalue weighted by Gasteiger charge is -2.48. The van der Waals surface area contributed by atoms with E-state index in [0.717, 1.165) is 38.0 Å². The molecular formula is C20H24N4O2. The van der Waals surface area contributed by atoms with Crippen molar-refractivity contribution in [3.63, 3.8) is 0 Å². The van der Waals surface area contributed by atoms with Crippen LogP contribution in [0, 0.1) is 5.41 Å². The second kappa shape index (κ2) is 6.94. The van der Waals surface area contributed by atoms with Crippen molar-refractivity contribution in [3.05, 3.63) is 54.1 Å². The van der Waals surface area contributed by atoms with E-state index in [1.165, 1.54) is 0 Å². The molecule has 0 unspecified atom stereocenters. The molecule has 2 aromatic rings. The number of carbonyl (C=O) groups excluding carboxylic acids is 2. The number of amides is 2. The van der Waals surface area contributed by atoms with Gasteiger partial charge < -0.3 is 14.8 Å². The number of nitrogens with zero attached hydrogens (tertiary/aromatic N) is 3. The predicted molar refractivity (Wildman–Crippen MR) is 97.3 cm³/mol. The minimum Gasteiger partial charge on any atom is -0.357 e. The van der Waals surface area contributed by atoms with E-state index in [1.807, 2.05) is 40.1 Å². The molecule has 4 heterocycles. The van der Waals surface area contributed by atoms with Gasteiger partial charge in [0.25, 0.3) is 5.91 Å². The molecule has 2 aromatic heterocycles. The Morgan fingerprint density at radius 3 is 2.88 bits per heavy atom. The Morgan fingerprint density at radius 1 is 1.19 bits per heavy atom. The zero-order valence-electron chi connectivity index (χ0n) is 14.9. The molecular weight excluding hydrogens is 328 g/mol. The third kappa shape index (κ3) is 3.36. The average Bonchev–Trinajstić information content (AvgIpc) is 3.20. The molecule has 2 amide bonds. The molecule has 6 heteroatoms. The number of nitrogens with one attached hydrogen (secondary N) is 1. The monoisotopic (exact) mass is 352 g/mol. The molecule has 4 rings (SSSR count). The van der Waals surface area contributed by atoms with Gasteiger partial charge in [-0.15, -0.1) is 0 Å². The molecule has 1 spiro atoms. The van der Waals surface area contributed by atoms with E-state index in [2.05, 4.69) is 9.97 Å². The van der Waals surface area contributed by atoms with Gasteiger partial charge in [-0.1, -0.05) is 6.07 Å². The van der Waals surface area contributed by atoms with Crippen LogP contribution in [0.3, 0.4) is 0 Å². The number of pyridine rings is 1. The SMILES string of the molecule is O=C1CC[C@@]2(CCCN(C(=O)c3ccc[nH]3)C2)CN1Cc1ccccn1. The fourth-order valence-electron chi connectivity index (χ4n) is 4.28. The third-order valence-corrected chi connectivity index (χ3v) is 5.60. The lowest BCUT2D eigenvalue weighted by Crippen LogP contribution is -2.54. The minimum absolute atomic E-state index is 0.00317. The van der Waals surface area contributed by atoms with E-state index < -0.39 is 0 Å². The van der Waals surface area contributed by atoms with Crippen molar-refractivity contribution in [2.75, 3.05) is 19.6 Å². The smallest absolute Gasteiger partial charge is 0.270 e. The van der Waals surface area contributed by atoms with Gasteiger partial charge in [-0.2, -0.15) is 0 Å². The van der Waals surface area contributed by atoms with Crippen LogP contribution in [0.25, 0.3) is 0 Å². The summed E-state index contributed by atoms with van der Waals surface area (Å²) in [7, 11) is 0. The Balaban J connectivity index is 1.48. The topological polar surface area (TPSA) is 69.3 Å². The van der Waals surface area contributed by atoms with E-state index in [1.54, 1.807) is 12.4 Å². The molecule has 1 N–H and O–H groups in total. The van der Waals surface area contributed by atoms with Gasteiger partial charge in [0.05, 0.1) is 12.2 Å². The van der Waals surface area contributed by atoms with Crippen molar-refractivity contribution in [2.24, 2.45) is 5.41 Å². The summed E-state index contributed by atoms with van der Waals surface area (Å²) in [6, 6.07) is 9.46. The summed E-state index contributed by atoms with van der Waals surface area (Å²) < 4.78 is 0. The minimum atomic E-state index is 0.00317. The highest BCUT2D eigenvalue weighted by molar-refractivity contribution is 5.92. The number of likely N-dealkylation sites (tertiary alicyclic amines) is 2. The molecule has 2 fully saturated rings. The number of rotatable bonds is 3. The first-order valence-electron chi connectivity index (χ1n) is 9.26. The molecule has 0 radical (unpaired) electrons. The van der Waals surface area contributed by atoms with Crippen LogP contribution in [0.5, 0.6) is 0 Å². The summed E-state index contributed by atoms with van der Waals surface area (Å²) in [6.45, 7) is 2.76. The standard InChI is InChI=1S/C20H24N4O2/c25-18-7-9-20(15-24(18)13-16-5-1-2-10-21-16)8-4-12-23(14-20)19(26)17-6-3-11-22-17/h1-3,5-6,10-11,22H,4,7-9,12-15H2/t20-/m1/s1. The number of hydrogen-bond donors (Lipinski definition) is 1. The van der Waals surface area contributed by atoms with Crippen LogP contribution in [0.15, 0.2) is 42.7 Å². The Morgan fingerprint density at radius 2 is 2.12 bits per heavy atom. The Kier molecular flexibility index (Phi) is 4.49. The van der Waals surface area contributed by atoms with Crippen molar-refractivity contribution < 1.29 is 9.59 Å². The van der Waals surface area contributed by atoms with Gasteiger partial charge in [-0.25, -0.2) is 0 Å². The van der Waals surface area contributed by atoms with Crippen molar-refractivity contribution in [1.29, 1.82) is 0 Å².